The largest absolute Gasteiger partial charge is 0.461 e. The number of halogens is 1. The fraction of sp³-hybridized carbons (Fsp3) is 0.314. The van der Waals surface area contributed by atoms with Gasteiger partial charge in [0.05, 0.1) is 17.1 Å². The number of rotatable bonds is 13. The van der Waals surface area contributed by atoms with Crippen LogP contribution in [0.25, 0.3) is 0 Å². The number of hydrogen-bond acceptors (Lipinski definition) is 7. The molecule has 0 atom stereocenters. The molecule has 0 radical (unpaired) electrons. The van der Waals surface area contributed by atoms with Gasteiger partial charge in [-0.25, -0.2) is 9.59 Å². The molecule has 43 heavy (non-hydrogen) atoms. The number of nitrogens with zero attached hydrogens (tertiary/aromatic N) is 2. The van der Waals surface area contributed by atoms with E-state index in [4.69, 9.17) is 21.1 Å². The zero-order chi connectivity index (χ0) is 30.8. The van der Waals surface area contributed by atoms with Crippen molar-refractivity contribution >= 4 is 23.5 Å². The monoisotopic (exact) mass is 601 g/mol. The van der Waals surface area contributed by atoms with E-state index in [1.165, 1.54) is 11.1 Å². The number of likely N-dealkylation sites (N-methyl/N-ethyl adjacent to an activating group) is 2. The minimum absolute atomic E-state index is 0.199. The molecule has 1 aliphatic rings. The lowest BCUT2D eigenvalue weighted by atomic mass is 9.80. The molecule has 0 saturated carbocycles. The minimum atomic E-state index is -0.737. The number of ether oxygens (including phenoxy) is 2. The van der Waals surface area contributed by atoms with Crippen LogP contribution in [0.1, 0.15) is 36.5 Å². The van der Waals surface area contributed by atoms with E-state index < -0.39 is 17.9 Å². The summed E-state index contributed by atoms with van der Waals surface area (Å²) in [7, 11) is 3.97. The summed E-state index contributed by atoms with van der Waals surface area (Å²) in [6.07, 6.45) is 0. The second-order valence-electron chi connectivity index (χ2n) is 10.9. The number of carbonyl (C=O) groups is 2. The van der Waals surface area contributed by atoms with Gasteiger partial charge in [0.15, 0.2) is 0 Å². The molecule has 1 heterocycles. The molecule has 8 heteroatoms. The molecule has 4 rings (SSSR count). The van der Waals surface area contributed by atoms with E-state index in [2.05, 4.69) is 39.4 Å². The van der Waals surface area contributed by atoms with Crippen LogP contribution in [0.2, 0.25) is 5.02 Å². The van der Waals surface area contributed by atoms with E-state index in [9.17, 15) is 9.59 Å². The molecule has 226 valence electrons. The Kier molecular flexibility index (Phi) is 11.6. The van der Waals surface area contributed by atoms with Crippen molar-refractivity contribution in [1.29, 1.82) is 0 Å². The van der Waals surface area contributed by atoms with Crippen molar-refractivity contribution in [3.8, 4) is 0 Å². The van der Waals surface area contributed by atoms with E-state index in [0.29, 0.717) is 46.2 Å². The highest BCUT2D eigenvalue weighted by molar-refractivity contribution is 6.31. The van der Waals surface area contributed by atoms with Crippen LogP contribution in [0, 0.1) is 0 Å². The van der Waals surface area contributed by atoms with Crippen LogP contribution < -0.4 is 5.32 Å². The predicted octanol–water partition coefficient (Wildman–Crippen LogP) is 5.93. The van der Waals surface area contributed by atoms with Gasteiger partial charge in [0.2, 0.25) is 0 Å². The second-order valence-corrected chi connectivity index (χ2v) is 11.3. The fourth-order valence-corrected chi connectivity index (χ4v) is 5.49. The first-order valence-electron chi connectivity index (χ1n) is 14.5. The SMILES string of the molecule is CC1=C(C(=O)OCCN(C)Cc2ccccc2)C(c2ccccc2Cl)C(C(=O)OCCN(C)Cc2ccccc2)=C(C)N1. The molecular formula is C35H40ClN3O4. The summed E-state index contributed by atoms with van der Waals surface area (Å²) in [5, 5.41) is 3.67. The summed E-state index contributed by atoms with van der Waals surface area (Å²) in [6, 6.07) is 27.5. The maximum Gasteiger partial charge on any atom is 0.336 e. The summed E-state index contributed by atoms with van der Waals surface area (Å²) >= 11 is 6.66. The highest BCUT2D eigenvalue weighted by Gasteiger charge is 2.39. The Bertz CT molecular complexity index is 1370. The summed E-state index contributed by atoms with van der Waals surface area (Å²) in [5.41, 5.74) is 4.93. The van der Waals surface area contributed by atoms with Gasteiger partial charge < -0.3 is 14.8 Å². The summed E-state index contributed by atoms with van der Waals surface area (Å²) < 4.78 is 11.6. The van der Waals surface area contributed by atoms with Gasteiger partial charge in [0.1, 0.15) is 13.2 Å². The Balaban J connectivity index is 1.46. The molecule has 3 aromatic rings. The van der Waals surface area contributed by atoms with Crippen molar-refractivity contribution in [2.24, 2.45) is 0 Å². The first-order chi connectivity index (χ1) is 20.7. The molecule has 0 aromatic heterocycles. The van der Waals surface area contributed by atoms with E-state index in [-0.39, 0.29) is 13.2 Å². The molecule has 1 N–H and O–H groups in total. The van der Waals surface area contributed by atoms with E-state index in [1.54, 1.807) is 6.07 Å². The van der Waals surface area contributed by atoms with E-state index >= 15 is 0 Å². The first kappa shape index (κ1) is 32.0. The van der Waals surface area contributed by atoms with Crippen LogP contribution in [0.3, 0.4) is 0 Å². The molecular weight excluding hydrogens is 562 g/mol. The predicted molar refractivity (Wildman–Crippen MR) is 170 cm³/mol. The Hall–Kier alpha value is -3.91. The van der Waals surface area contributed by atoms with Gasteiger partial charge in [0, 0.05) is 42.6 Å². The first-order valence-corrected chi connectivity index (χ1v) is 14.8. The van der Waals surface area contributed by atoms with Crippen LogP contribution in [0.4, 0.5) is 0 Å². The van der Waals surface area contributed by atoms with Gasteiger partial charge in [-0.05, 0) is 50.7 Å². The number of nitrogens with one attached hydrogen (secondary N) is 1. The topological polar surface area (TPSA) is 71.1 Å². The number of hydrogen-bond donors (Lipinski definition) is 1. The van der Waals surface area contributed by atoms with E-state index in [1.807, 2.05) is 82.5 Å². The summed E-state index contributed by atoms with van der Waals surface area (Å²) in [6.45, 7) is 6.60. The van der Waals surface area contributed by atoms with Gasteiger partial charge in [-0.2, -0.15) is 0 Å². The number of allylic oxidation sites excluding steroid dienone is 2. The third kappa shape index (κ3) is 8.80. The number of benzene rings is 3. The third-order valence-corrected chi connectivity index (χ3v) is 7.76. The van der Waals surface area contributed by atoms with Gasteiger partial charge >= 0.3 is 11.9 Å². The highest BCUT2D eigenvalue weighted by atomic mass is 35.5. The molecule has 0 saturated heterocycles. The summed E-state index contributed by atoms with van der Waals surface area (Å²) in [4.78, 5) is 31.5. The molecule has 0 aliphatic carbocycles. The standard InChI is InChI=1S/C35H40ClN3O4/c1-25-31(34(40)42-21-19-38(3)23-27-13-7-5-8-14-27)33(29-17-11-12-18-30(29)36)32(26(2)37-25)35(41)43-22-20-39(4)24-28-15-9-6-10-16-28/h5-18,33,37H,19-24H2,1-4H3. The van der Waals surface area contributed by atoms with Gasteiger partial charge in [-0.3, -0.25) is 9.80 Å². The van der Waals surface area contributed by atoms with Crippen LogP contribution in [-0.4, -0.2) is 62.1 Å². The Morgan fingerprint density at radius 1 is 0.698 bits per heavy atom. The van der Waals surface area contributed by atoms with Crippen molar-refractivity contribution < 1.29 is 19.1 Å². The molecule has 3 aromatic carbocycles. The number of carbonyl (C=O) groups excluding carboxylic acids is 2. The van der Waals surface area contributed by atoms with Gasteiger partial charge in [-0.1, -0.05) is 90.5 Å². The zero-order valence-electron chi connectivity index (χ0n) is 25.3. The highest BCUT2D eigenvalue weighted by Crippen LogP contribution is 2.41. The van der Waals surface area contributed by atoms with Gasteiger partial charge in [-0.15, -0.1) is 0 Å². The molecule has 0 fully saturated rings. The van der Waals surface area contributed by atoms with Crippen molar-refractivity contribution in [1.82, 2.24) is 15.1 Å². The maximum atomic E-state index is 13.6. The van der Waals surface area contributed by atoms with Crippen molar-refractivity contribution in [2.45, 2.75) is 32.9 Å². The minimum Gasteiger partial charge on any atom is -0.461 e. The Labute approximate surface area is 259 Å². The third-order valence-electron chi connectivity index (χ3n) is 7.42. The number of esters is 2. The molecule has 0 unspecified atom stereocenters. The molecule has 0 bridgehead atoms. The number of dihydropyridines is 1. The molecule has 0 amide bonds. The summed E-state index contributed by atoms with van der Waals surface area (Å²) in [5.74, 6) is -1.73. The van der Waals surface area contributed by atoms with Gasteiger partial charge in [0.25, 0.3) is 0 Å². The zero-order valence-corrected chi connectivity index (χ0v) is 26.1. The van der Waals surface area contributed by atoms with Crippen LogP contribution in [0.5, 0.6) is 0 Å². The molecule has 1 aliphatic heterocycles. The lowest BCUT2D eigenvalue weighted by Crippen LogP contribution is -2.34. The fourth-order valence-electron chi connectivity index (χ4n) is 5.25. The quantitative estimate of drug-likeness (QED) is 0.244. The second kappa shape index (κ2) is 15.5. The Morgan fingerprint density at radius 3 is 1.56 bits per heavy atom. The van der Waals surface area contributed by atoms with Crippen LogP contribution >= 0.6 is 11.6 Å². The van der Waals surface area contributed by atoms with E-state index in [0.717, 1.165) is 13.1 Å². The lowest BCUT2D eigenvalue weighted by Gasteiger charge is -2.31. The molecule has 0 spiro atoms. The van der Waals surface area contributed by atoms with Crippen LogP contribution in [0.15, 0.2) is 107 Å². The van der Waals surface area contributed by atoms with Crippen LogP contribution in [-0.2, 0) is 32.2 Å². The normalized spacial score (nSPS) is 13.8. The lowest BCUT2D eigenvalue weighted by molar-refractivity contribution is -0.140. The van der Waals surface area contributed by atoms with Crippen molar-refractivity contribution in [3.05, 3.63) is 129 Å². The molecule has 7 nitrogen and oxygen atoms in total. The smallest absolute Gasteiger partial charge is 0.336 e. The van der Waals surface area contributed by atoms with Crippen molar-refractivity contribution in [2.75, 3.05) is 40.4 Å². The maximum absolute atomic E-state index is 13.6. The van der Waals surface area contributed by atoms with Crippen molar-refractivity contribution in [3.63, 3.8) is 0 Å². The Morgan fingerprint density at radius 2 is 1.12 bits per heavy atom. The average molecular weight is 602 g/mol. The average Bonchev–Trinajstić information content (AvgIpc) is 2.98.